The first-order chi connectivity index (χ1) is 14.0. The summed E-state index contributed by atoms with van der Waals surface area (Å²) in [7, 11) is 1.83. The SMILES string of the molecule is CNc1cc(C)nc(-c2cccc(C(=O)N[C@H](c3ncccc3C)C3CC3)c2)n1. The molecule has 2 N–H and O–H groups in total. The first-order valence-electron chi connectivity index (χ1n) is 9.91. The molecule has 1 aliphatic rings. The number of aryl methyl sites for hydroxylation is 2. The fourth-order valence-corrected chi connectivity index (χ4v) is 3.51. The van der Waals surface area contributed by atoms with Gasteiger partial charge in [-0.15, -0.1) is 0 Å². The van der Waals surface area contributed by atoms with Crippen molar-refractivity contribution in [3.8, 4) is 11.4 Å². The molecule has 6 nitrogen and oxygen atoms in total. The Kier molecular flexibility index (Phi) is 5.25. The first-order valence-corrected chi connectivity index (χ1v) is 9.91. The van der Waals surface area contributed by atoms with Crippen LogP contribution in [0.2, 0.25) is 0 Å². The van der Waals surface area contributed by atoms with Crippen molar-refractivity contribution in [3.63, 3.8) is 0 Å². The van der Waals surface area contributed by atoms with Gasteiger partial charge >= 0.3 is 0 Å². The Hall–Kier alpha value is -3.28. The third-order valence-electron chi connectivity index (χ3n) is 5.22. The summed E-state index contributed by atoms with van der Waals surface area (Å²) in [6, 6.07) is 13.3. The Balaban J connectivity index is 1.60. The van der Waals surface area contributed by atoms with E-state index in [1.807, 2.05) is 63.4 Å². The highest BCUT2D eigenvalue weighted by molar-refractivity contribution is 5.95. The highest BCUT2D eigenvalue weighted by atomic mass is 16.1. The largest absolute Gasteiger partial charge is 0.373 e. The van der Waals surface area contributed by atoms with Gasteiger partial charge in [0.05, 0.1) is 11.7 Å². The van der Waals surface area contributed by atoms with Gasteiger partial charge in [0.25, 0.3) is 5.91 Å². The van der Waals surface area contributed by atoms with E-state index < -0.39 is 0 Å². The molecular weight excluding hydrogens is 362 g/mol. The fraction of sp³-hybridized carbons (Fsp3) is 0.304. The predicted molar refractivity (Wildman–Crippen MR) is 114 cm³/mol. The maximum absolute atomic E-state index is 13.1. The van der Waals surface area contributed by atoms with E-state index >= 15 is 0 Å². The Morgan fingerprint density at radius 2 is 1.93 bits per heavy atom. The number of pyridine rings is 1. The number of carbonyl (C=O) groups excluding carboxylic acids is 1. The molecule has 0 radical (unpaired) electrons. The van der Waals surface area contributed by atoms with E-state index in [-0.39, 0.29) is 11.9 Å². The van der Waals surface area contributed by atoms with E-state index in [2.05, 4.69) is 25.6 Å². The van der Waals surface area contributed by atoms with Crippen LogP contribution < -0.4 is 10.6 Å². The number of carbonyl (C=O) groups is 1. The molecule has 2 heterocycles. The summed E-state index contributed by atoms with van der Waals surface area (Å²) in [5.41, 5.74) is 4.34. The van der Waals surface area contributed by atoms with Gasteiger partial charge in [-0.1, -0.05) is 18.2 Å². The summed E-state index contributed by atoms with van der Waals surface area (Å²) in [6.45, 7) is 3.97. The molecule has 1 aliphatic carbocycles. The quantitative estimate of drug-likeness (QED) is 0.666. The smallest absolute Gasteiger partial charge is 0.251 e. The number of hydrogen-bond acceptors (Lipinski definition) is 5. The lowest BCUT2D eigenvalue weighted by Crippen LogP contribution is -2.31. The molecule has 0 unspecified atom stereocenters. The lowest BCUT2D eigenvalue weighted by Gasteiger charge is -2.20. The van der Waals surface area contributed by atoms with Gasteiger partial charge in [0.2, 0.25) is 0 Å². The topological polar surface area (TPSA) is 79.8 Å². The van der Waals surface area contributed by atoms with E-state index in [0.29, 0.717) is 17.3 Å². The summed E-state index contributed by atoms with van der Waals surface area (Å²) in [6.07, 6.45) is 4.02. The fourth-order valence-electron chi connectivity index (χ4n) is 3.51. The van der Waals surface area contributed by atoms with Crippen LogP contribution in [-0.4, -0.2) is 27.9 Å². The van der Waals surface area contributed by atoms with E-state index in [0.717, 1.165) is 41.2 Å². The third kappa shape index (κ3) is 4.26. The van der Waals surface area contributed by atoms with Crippen LogP contribution in [0.4, 0.5) is 5.82 Å². The van der Waals surface area contributed by atoms with Crippen LogP contribution in [0.5, 0.6) is 0 Å². The van der Waals surface area contributed by atoms with E-state index in [1.54, 1.807) is 6.20 Å². The van der Waals surface area contributed by atoms with Crippen LogP contribution in [0.15, 0.2) is 48.7 Å². The van der Waals surface area contributed by atoms with Gasteiger partial charge in [0.15, 0.2) is 5.82 Å². The first kappa shape index (κ1) is 19.1. The maximum Gasteiger partial charge on any atom is 0.251 e. The van der Waals surface area contributed by atoms with Crippen molar-refractivity contribution in [2.24, 2.45) is 5.92 Å². The van der Waals surface area contributed by atoms with Crippen molar-refractivity contribution in [3.05, 3.63) is 71.2 Å². The molecular formula is C23H25N5O. The van der Waals surface area contributed by atoms with Crippen molar-refractivity contribution < 1.29 is 4.79 Å². The van der Waals surface area contributed by atoms with E-state index in [4.69, 9.17) is 0 Å². The van der Waals surface area contributed by atoms with Gasteiger partial charge in [-0.25, -0.2) is 9.97 Å². The number of benzene rings is 1. The Bertz CT molecular complexity index is 1040. The molecule has 3 aromatic rings. The van der Waals surface area contributed by atoms with Gasteiger partial charge in [-0.2, -0.15) is 0 Å². The molecule has 1 atom stereocenters. The minimum absolute atomic E-state index is 0.0570. The van der Waals surface area contributed by atoms with Crippen LogP contribution in [0.3, 0.4) is 0 Å². The zero-order valence-corrected chi connectivity index (χ0v) is 16.9. The number of rotatable bonds is 6. The molecule has 0 spiro atoms. The van der Waals surface area contributed by atoms with Crippen LogP contribution in [0.1, 0.15) is 46.2 Å². The molecule has 4 rings (SSSR count). The summed E-state index contributed by atoms with van der Waals surface area (Å²) < 4.78 is 0. The van der Waals surface area contributed by atoms with Crippen molar-refractivity contribution in [2.75, 3.05) is 12.4 Å². The minimum Gasteiger partial charge on any atom is -0.373 e. The van der Waals surface area contributed by atoms with Gasteiger partial charge < -0.3 is 10.6 Å². The molecule has 0 saturated heterocycles. The molecule has 0 aliphatic heterocycles. The number of hydrogen-bond donors (Lipinski definition) is 2. The Morgan fingerprint density at radius 3 is 2.66 bits per heavy atom. The molecule has 6 heteroatoms. The Morgan fingerprint density at radius 1 is 1.10 bits per heavy atom. The second-order valence-electron chi connectivity index (χ2n) is 7.54. The molecule has 1 amide bonds. The Labute approximate surface area is 170 Å². The average Bonchev–Trinajstić information content (AvgIpc) is 3.57. The zero-order valence-electron chi connectivity index (χ0n) is 16.9. The van der Waals surface area contributed by atoms with Crippen LogP contribution in [0.25, 0.3) is 11.4 Å². The van der Waals surface area contributed by atoms with Crippen LogP contribution >= 0.6 is 0 Å². The number of anilines is 1. The average molecular weight is 387 g/mol. The number of nitrogens with one attached hydrogen (secondary N) is 2. The molecule has 148 valence electrons. The molecule has 29 heavy (non-hydrogen) atoms. The van der Waals surface area contributed by atoms with E-state index in [1.165, 1.54) is 0 Å². The van der Waals surface area contributed by atoms with Crippen molar-refractivity contribution >= 4 is 11.7 Å². The minimum atomic E-state index is -0.102. The maximum atomic E-state index is 13.1. The van der Waals surface area contributed by atoms with Crippen molar-refractivity contribution in [1.29, 1.82) is 0 Å². The molecule has 1 saturated carbocycles. The zero-order chi connectivity index (χ0) is 20.4. The van der Waals surface area contributed by atoms with Crippen molar-refractivity contribution in [1.82, 2.24) is 20.3 Å². The molecule has 1 aromatic carbocycles. The molecule has 0 bridgehead atoms. The predicted octanol–water partition coefficient (Wildman–Crippen LogP) is 4.08. The summed E-state index contributed by atoms with van der Waals surface area (Å²) in [5.74, 6) is 1.70. The lowest BCUT2D eigenvalue weighted by atomic mass is 10.0. The monoisotopic (exact) mass is 387 g/mol. The van der Waals surface area contributed by atoms with Crippen LogP contribution in [0, 0.1) is 19.8 Å². The summed E-state index contributed by atoms with van der Waals surface area (Å²) in [4.78, 5) is 26.6. The second kappa shape index (κ2) is 7.99. The second-order valence-corrected chi connectivity index (χ2v) is 7.54. The number of aromatic nitrogens is 3. The number of amides is 1. The summed E-state index contributed by atoms with van der Waals surface area (Å²) in [5, 5.41) is 6.26. The standard InChI is InChI=1S/C23H25N5O/c1-14-6-5-11-25-20(14)21(16-9-10-16)28-23(29)18-8-4-7-17(13-18)22-26-15(2)12-19(24-3)27-22/h4-8,11-13,16,21H,9-10H2,1-3H3,(H,28,29)(H,24,26,27)/t21-/m0/s1. The highest BCUT2D eigenvalue weighted by Crippen LogP contribution is 2.41. The molecule has 2 aromatic heterocycles. The highest BCUT2D eigenvalue weighted by Gasteiger charge is 2.35. The summed E-state index contributed by atoms with van der Waals surface area (Å²) >= 11 is 0. The van der Waals surface area contributed by atoms with Gasteiger partial charge in [-0.05, 0) is 56.4 Å². The van der Waals surface area contributed by atoms with Gasteiger partial charge in [0.1, 0.15) is 5.82 Å². The normalized spacial score (nSPS) is 14.3. The van der Waals surface area contributed by atoms with Crippen LogP contribution in [-0.2, 0) is 0 Å². The molecule has 1 fully saturated rings. The third-order valence-corrected chi connectivity index (χ3v) is 5.22. The number of nitrogens with zero attached hydrogens (tertiary/aromatic N) is 3. The lowest BCUT2D eigenvalue weighted by molar-refractivity contribution is 0.0930. The van der Waals surface area contributed by atoms with Gasteiger partial charge in [-0.3, -0.25) is 9.78 Å². The van der Waals surface area contributed by atoms with Gasteiger partial charge in [0, 0.05) is 36.1 Å². The van der Waals surface area contributed by atoms with Crippen molar-refractivity contribution in [2.45, 2.75) is 32.7 Å². The van der Waals surface area contributed by atoms with E-state index in [9.17, 15) is 4.79 Å².